The van der Waals surface area contributed by atoms with E-state index in [1.807, 2.05) is 24.3 Å². The lowest BCUT2D eigenvalue weighted by molar-refractivity contribution is 0.582. The number of fused-ring (bicyclic) bond motifs is 1. The van der Waals surface area contributed by atoms with E-state index in [1.165, 1.54) is 0 Å². The summed E-state index contributed by atoms with van der Waals surface area (Å²) >= 11 is 0. The molecular weight excluding hydrogens is 676 g/mol. The fourth-order valence-electron chi connectivity index (χ4n) is 7.53. The smallest absolute Gasteiger partial charge is 0.270 e. The van der Waals surface area contributed by atoms with Crippen LogP contribution in [0.5, 0.6) is 0 Å². The van der Waals surface area contributed by atoms with Gasteiger partial charge >= 0.3 is 7.44 Å². The van der Waals surface area contributed by atoms with Crippen molar-refractivity contribution >= 4 is 35.5 Å². The van der Waals surface area contributed by atoms with Gasteiger partial charge in [0.15, 0.2) is 0 Å². The quantitative estimate of drug-likeness (QED) is 0.154. The number of hydrogen-bond donors (Lipinski definition) is 0. The predicted molar refractivity (Wildman–Crippen MR) is 229 cm³/mol. The Kier molecular flexibility index (Phi) is 8.58. The second kappa shape index (κ2) is 13.9. The van der Waals surface area contributed by atoms with Gasteiger partial charge in [-0.1, -0.05) is 145 Å². The summed E-state index contributed by atoms with van der Waals surface area (Å²) in [5.74, 6) is 0. The lowest BCUT2D eigenvalue weighted by Crippen LogP contribution is -2.27. The Labute approximate surface area is 317 Å². The highest BCUT2D eigenvalue weighted by Gasteiger charge is 2.49. The molecule has 8 aromatic carbocycles. The Bertz CT molecular complexity index is 2480. The number of benzene rings is 8. The highest BCUT2D eigenvalue weighted by molar-refractivity contribution is 7.76. The van der Waals surface area contributed by atoms with E-state index in [9.17, 15) is 0 Å². The monoisotopic (exact) mass is 714 g/mol. The minimum Gasteiger partial charge on any atom is -0.270 e. The van der Waals surface area contributed by atoms with Gasteiger partial charge in [-0.05, 0) is 125 Å². The Morgan fingerprint density at radius 3 is 1.07 bits per heavy atom. The van der Waals surface area contributed by atoms with E-state index >= 15 is 4.57 Å². The van der Waals surface area contributed by atoms with Crippen LogP contribution < -0.4 is 14.6 Å². The summed E-state index contributed by atoms with van der Waals surface area (Å²) in [6.45, 7) is 4.17. The van der Waals surface area contributed by atoms with E-state index in [2.05, 4.69) is 199 Å². The minimum absolute atomic E-state index is 0.752. The third kappa shape index (κ3) is 6.03. The number of nitrogens with zero attached hydrogens (tertiary/aromatic N) is 2. The first-order valence-electron chi connectivity index (χ1n) is 18.4. The summed E-state index contributed by atoms with van der Waals surface area (Å²) in [7, 11) is -3.67. The van der Waals surface area contributed by atoms with Crippen molar-refractivity contribution in [1.82, 2.24) is 0 Å². The van der Waals surface area contributed by atoms with Crippen LogP contribution in [0.15, 0.2) is 200 Å². The van der Waals surface area contributed by atoms with Crippen LogP contribution in [-0.4, -0.2) is 0 Å². The molecule has 0 bridgehead atoms. The fraction of sp³-hybridized carbons (Fsp3) is 0.0400. The molecule has 4 heteroatoms. The van der Waals surface area contributed by atoms with Crippen molar-refractivity contribution in [2.24, 2.45) is 0 Å². The van der Waals surface area contributed by atoms with Crippen LogP contribution in [0.2, 0.25) is 0 Å². The van der Waals surface area contributed by atoms with Gasteiger partial charge in [0, 0.05) is 11.4 Å². The average molecular weight is 715 g/mol. The van der Waals surface area contributed by atoms with E-state index < -0.39 is 7.44 Å². The van der Waals surface area contributed by atoms with Gasteiger partial charge in [0.25, 0.3) is 0 Å². The molecule has 0 spiro atoms. The van der Waals surface area contributed by atoms with Crippen LogP contribution in [0.1, 0.15) is 11.1 Å². The molecule has 0 aromatic heterocycles. The number of aryl methyl sites for hydroxylation is 2. The zero-order valence-corrected chi connectivity index (χ0v) is 31.2. The van der Waals surface area contributed by atoms with Crippen LogP contribution in [0.4, 0.5) is 22.7 Å². The van der Waals surface area contributed by atoms with Gasteiger partial charge in [0.05, 0.1) is 16.7 Å². The first-order valence-corrected chi connectivity index (χ1v) is 20.0. The molecule has 1 heterocycles. The molecule has 0 saturated carbocycles. The maximum atomic E-state index is 16.9. The highest BCUT2D eigenvalue weighted by atomic mass is 31.2. The van der Waals surface area contributed by atoms with Crippen molar-refractivity contribution in [1.29, 1.82) is 0 Å². The van der Waals surface area contributed by atoms with E-state index in [4.69, 9.17) is 0 Å². The van der Waals surface area contributed by atoms with Crippen LogP contribution in [0.25, 0.3) is 44.5 Å². The Morgan fingerprint density at radius 2 is 0.667 bits per heavy atom. The molecule has 54 heavy (non-hydrogen) atoms. The van der Waals surface area contributed by atoms with E-state index in [-0.39, 0.29) is 0 Å². The molecule has 1 aliphatic heterocycles. The van der Waals surface area contributed by atoms with Crippen molar-refractivity contribution < 1.29 is 4.57 Å². The molecule has 9 rings (SSSR count). The minimum atomic E-state index is -3.67. The van der Waals surface area contributed by atoms with Crippen molar-refractivity contribution in [3.63, 3.8) is 0 Å². The normalized spacial score (nSPS) is 13.1. The van der Waals surface area contributed by atoms with Crippen LogP contribution >= 0.6 is 7.44 Å². The molecule has 0 N–H and O–H groups in total. The first-order chi connectivity index (χ1) is 26.5. The number of hydrogen-bond acceptors (Lipinski definition) is 1. The van der Waals surface area contributed by atoms with Gasteiger partial charge in [0.2, 0.25) is 0 Å². The van der Waals surface area contributed by atoms with Crippen molar-refractivity contribution in [2.75, 3.05) is 9.34 Å². The van der Waals surface area contributed by atoms with Gasteiger partial charge in [-0.2, -0.15) is 0 Å². The summed E-state index contributed by atoms with van der Waals surface area (Å²) in [4.78, 5) is 0. The van der Waals surface area contributed by atoms with E-state index in [0.29, 0.717) is 0 Å². The molecule has 0 saturated heterocycles. The van der Waals surface area contributed by atoms with Crippen LogP contribution in [0.3, 0.4) is 0 Å². The average Bonchev–Trinajstić information content (AvgIpc) is 3.51. The molecule has 1 aliphatic rings. The SMILES string of the molecule is Cc1ccc(N2c3ccccc3N(c3ccc(C)cc3)P2(=O)c2cc(-c3cccc(-c4ccccc4)c3)cc(-c3cccc(-c4ccccc4)c3)c2)cc1. The Hall–Kier alpha value is -6.41. The van der Waals surface area contributed by atoms with E-state index in [0.717, 1.165) is 83.7 Å². The summed E-state index contributed by atoms with van der Waals surface area (Å²) in [6.07, 6.45) is 0. The van der Waals surface area contributed by atoms with Gasteiger partial charge in [-0.25, -0.2) is 0 Å². The molecule has 0 radical (unpaired) electrons. The predicted octanol–water partition coefficient (Wildman–Crippen LogP) is 13.8. The largest absolute Gasteiger partial charge is 0.301 e. The topological polar surface area (TPSA) is 23.6 Å². The summed E-state index contributed by atoms with van der Waals surface area (Å²) < 4.78 is 21.1. The summed E-state index contributed by atoms with van der Waals surface area (Å²) in [5.41, 5.74) is 14.6. The highest BCUT2D eigenvalue weighted by Crippen LogP contribution is 2.70. The van der Waals surface area contributed by atoms with Crippen molar-refractivity contribution in [2.45, 2.75) is 13.8 Å². The van der Waals surface area contributed by atoms with Crippen LogP contribution in [-0.2, 0) is 4.57 Å². The van der Waals surface area contributed by atoms with E-state index in [1.54, 1.807) is 0 Å². The fourth-order valence-corrected chi connectivity index (χ4v) is 10.6. The molecule has 8 aromatic rings. The first kappa shape index (κ1) is 33.4. The van der Waals surface area contributed by atoms with Crippen LogP contribution in [0, 0.1) is 13.8 Å². The second-order valence-electron chi connectivity index (χ2n) is 14.0. The molecule has 0 fully saturated rings. The second-order valence-corrected chi connectivity index (χ2v) is 16.4. The summed E-state index contributed by atoms with van der Waals surface area (Å²) in [5, 5.41) is 0.752. The standard InChI is InChI=1S/C50H39N2OP/c1-36-23-27-46(28-24-36)51-49-21-9-10-22-50(49)52(47-29-25-37(2)26-30-47)54(51,53)48-34-44(42-19-11-17-40(31-42)38-13-5-3-6-14-38)33-45(35-48)43-20-12-18-41(32-43)39-15-7-4-8-16-39/h3-35H,1-2H3. The zero-order chi connectivity index (χ0) is 36.6. The van der Waals surface area contributed by atoms with Gasteiger partial charge in [-0.15, -0.1) is 0 Å². The van der Waals surface area contributed by atoms with Gasteiger partial charge < -0.3 is 0 Å². The molecule has 0 atom stereocenters. The summed E-state index contributed by atoms with van der Waals surface area (Å²) in [6, 6.07) is 69.9. The maximum Gasteiger partial charge on any atom is 0.301 e. The third-order valence-electron chi connectivity index (χ3n) is 10.3. The van der Waals surface area contributed by atoms with Gasteiger partial charge in [-0.3, -0.25) is 13.9 Å². The van der Waals surface area contributed by atoms with Crippen molar-refractivity contribution in [3.05, 3.63) is 211 Å². The molecule has 0 amide bonds. The van der Waals surface area contributed by atoms with Crippen molar-refractivity contribution in [3.8, 4) is 44.5 Å². The molecule has 0 aliphatic carbocycles. The lowest BCUT2D eigenvalue weighted by Gasteiger charge is -2.34. The third-order valence-corrected chi connectivity index (χ3v) is 13.2. The molecule has 0 unspecified atom stereocenters. The lowest BCUT2D eigenvalue weighted by atomic mass is 9.95. The Balaban J connectivity index is 1.32. The number of rotatable bonds is 7. The number of para-hydroxylation sites is 2. The zero-order valence-electron chi connectivity index (χ0n) is 30.3. The molecule has 3 nitrogen and oxygen atoms in total. The van der Waals surface area contributed by atoms with Gasteiger partial charge in [0.1, 0.15) is 0 Å². The molecular formula is C50H39N2OP. The molecule has 260 valence electrons. The maximum absolute atomic E-state index is 16.9. The Morgan fingerprint density at radius 1 is 0.333 bits per heavy atom. The number of anilines is 4.